The minimum atomic E-state index is -0.479. The zero-order chi connectivity index (χ0) is 23.4. The molecule has 1 aliphatic rings. The van der Waals surface area contributed by atoms with Gasteiger partial charge in [0.15, 0.2) is 11.2 Å². The number of imidazole rings is 1. The fourth-order valence-corrected chi connectivity index (χ4v) is 4.00. The summed E-state index contributed by atoms with van der Waals surface area (Å²) in [5.41, 5.74) is 6.94. The summed E-state index contributed by atoms with van der Waals surface area (Å²) < 4.78 is 4.31. The Balaban J connectivity index is 2.27. The van der Waals surface area contributed by atoms with Crippen molar-refractivity contribution in [3.8, 4) is 17.9 Å². The molecule has 2 aromatic heterocycles. The molecule has 9 nitrogen and oxygen atoms in total. The van der Waals surface area contributed by atoms with Crippen molar-refractivity contribution in [3.05, 3.63) is 44.1 Å². The van der Waals surface area contributed by atoms with E-state index in [4.69, 9.17) is 5.73 Å². The van der Waals surface area contributed by atoms with E-state index in [1.807, 2.05) is 6.92 Å². The van der Waals surface area contributed by atoms with Crippen LogP contribution in [-0.2, 0) is 20.1 Å². The first-order valence-electron chi connectivity index (χ1n) is 10.7. The van der Waals surface area contributed by atoms with E-state index in [-0.39, 0.29) is 19.1 Å². The molecule has 0 spiro atoms. The summed E-state index contributed by atoms with van der Waals surface area (Å²) in [6.45, 7) is 6.99. The Labute approximate surface area is 187 Å². The summed E-state index contributed by atoms with van der Waals surface area (Å²) in [7, 11) is 1.60. The fraction of sp³-hybridized carbons (Fsp3) is 0.478. The summed E-state index contributed by atoms with van der Waals surface area (Å²) in [6, 6.07) is 2.14. The van der Waals surface area contributed by atoms with Crippen LogP contribution in [0.3, 0.4) is 0 Å². The number of nitrogens with zero attached hydrogens (tertiary/aromatic N) is 6. The molecule has 9 heteroatoms. The topological polar surface area (TPSA) is 115 Å². The number of hydrogen-bond donors (Lipinski definition) is 1. The number of aryl methyl sites for hydroxylation is 1. The Hall–Kier alpha value is -3.56. The van der Waals surface area contributed by atoms with Gasteiger partial charge in [-0.05, 0) is 45.3 Å². The summed E-state index contributed by atoms with van der Waals surface area (Å²) in [6.07, 6.45) is 5.29. The average molecular weight is 436 g/mol. The maximum absolute atomic E-state index is 13.5. The molecule has 32 heavy (non-hydrogen) atoms. The number of rotatable bonds is 5. The number of anilines is 1. The Morgan fingerprint density at radius 1 is 1.34 bits per heavy atom. The third kappa shape index (κ3) is 4.25. The first-order valence-corrected chi connectivity index (χ1v) is 10.7. The van der Waals surface area contributed by atoms with E-state index in [0.717, 1.165) is 24.0 Å². The second-order valence-electron chi connectivity index (χ2n) is 7.98. The number of nitriles is 1. The number of fused-ring (bicyclic) bond motifs is 1. The van der Waals surface area contributed by atoms with E-state index in [0.29, 0.717) is 34.8 Å². The van der Waals surface area contributed by atoms with Crippen LogP contribution in [0.25, 0.3) is 11.2 Å². The van der Waals surface area contributed by atoms with Gasteiger partial charge in [0.05, 0.1) is 24.7 Å². The number of piperidine rings is 1. The summed E-state index contributed by atoms with van der Waals surface area (Å²) in [5, 5.41) is 9.41. The van der Waals surface area contributed by atoms with Crippen molar-refractivity contribution in [2.24, 2.45) is 12.8 Å². The lowest BCUT2D eigenvalue weighted by Crippen LogP contribution is -2.44. The van der Waals surface area contributed by atoms with Crippen LogP contribution in [0.4, 0.5) is 5.95 Å². The smallest absolute Gasteiger partial charge is 0.332 e. The standard InChI is InChI=1S/C23H29N7O2/c1-5-7-12-29-19-20(26-22(29)28-11-8-10-18(25)15-28)27(4)23(32)30(21(19)31)14-16(3)17(13-24)9-6-2/h6,9,18H,8,10-12,14-15,25H2,1-4H3/b9-6-,17-16-/t18-/m1/s1. The van der Waals surface area contributed by atoms with Crippen LogP contribution in [-0.4, -0.2) is 37.8 Å². The molecule has 0 radical (unpaired) electrons. The van der Waals surface area contributed by atoms with E-state index in [9.17, 15) is 14.9 Å². The molecule has 3 heterocycles. The number of nitrogens with two attached hydrogens (primary N) is 1. The van der Waals surface area contributed by atoms with Crippen molar-refractivity contribution in [1.29, 1.82) is 5.26 Å². The molecule has 1 fully saturated rings. The molecule has 0 saturated carbocycles. The van der Waals surface area contributed by atoms with Crippen molar-refractivity contribution < 1.29 is 0 Å². The zero-order valence-electron chi connectivity index (χ0n) is 19.1. The first kappa shape index (κ1) is 23.1. The Kier molecular flexibility index (Phi) is 7.01. The summed E-state index contributed by atoms with van der Waals surface area (Å²) in [5.74, 6) is 6.48. The van der Waals surface area contributed by atoms with Crippen LogP contribution in [0.1, 0.15) is 33.6 Å². The van der Waals surface area contributed by atoms with E-state index in [1.165, 1.54) is 4.57 Å². The van der Waals surface area contributed by atoms with Crippen LogP contribution in [0.15, 0.2) is 32.9 Å². The van der Waals surface area contributed by atoms with Crippen LogP contribution >= 0.6 is 0 Å². The molecule has 0 bridgehead atoms. The van der Waals surface area contributed by atoms with Gasteiger partial charge in [-0.15, -0.1) is 5.92 Å². The van der Waals surface area contributed by atoms with Gasteiger partial charge in [0.25, 0.3) is 5.56 Å². The zero-order valence-corrected chi connectivity index (χ0v) is 19.1. The third-order valence-corrected chi connectivity index (χ3v) is 5.68. The molecule has 1 aliphatic heterocycles. The highest BCUT2D eigenvalue weighted by molar-refractivity contribution is 5.75. The first-order chi connectivity index (χ1) is 15.3. The third-order valence-electron chi connectivity index (χ3n) is 5.68. The molecule has 3 rings (SSSR count). The Morgan fingerprint density at radius 2 is 2.09 bits per heavy atom. The minimum absolute atomic E-state index is 0.0171. The van der Waals surface area contributed by atoms with E-state index in [2.05, 4.69) is 27.8 Å². The molecule has 0 amide bonds. The van der Waals surface area contributed by atoms with Gasteiger partial charge in [-0.25, -0.2) is 4.79 Å². The lowest BCUT2D eigenvalue weighted by atomic mass is 10.1. The van der Waals surface area contributed by atoms with Gasteiger partial charge in [0.1, 0.15) is 0 Å². The second-order valence-corrected chi connectivity index (χ2v) is 7.98. The van der Waals surface area contributed by atoms with Crippen molar-refractivity contribution in [2.75, 3.05) is 18.0 Å². The molecule has 0 aromatic carbocycles. The fourth-order valence-electron chi connectivity index (χ4n) is 4.00. The van der Waals surface area contributed by atoms with Gasteiger partial charge in [0.2, 0.25) is 5.95 Å². The van der Waals surface area contributed by atoms with Gasteiger partial charge in [0, 0.05) is 26.2 Å². The predicted molar refractivity (Wildman–Crippen MR) is 125 cm³/mol. The average Bonchev–Trinajstić information content (AvgIpc) is 3.17. The SMILES string of the molecule is CC#CCn1c(N2CCC[C@@H](N)C2)nc2c1c(=O)n(C/C(C)=C(C#N)/C=C\C)c(=O)n2C. The van der Waals surface area contributed by atoms with Gasteiger partial charge < -0.3 is 10.6 Å². The highest BCUT2D eigenvalue weighted by Gasteiger charge is 2.26. The van der Waals surface area contributed by atoms with Crippen molar-refractivity contribution in [1.82, 2.24) is 18.7 Å². The molecule has 2 aromatic rings. The molecular formula is C23H29N7O2. The highest BCUT2D eigenvalue weighted by Crippen LogP contribution is 2.23. The van der Waals surface area contributed by atoms with Gasteiger partial charge in [-0.3, -0.25) is 18.5 Å². The van der Waals surface area contributed by atoms with Crippen LogP contribution in [0, 0.1) is 23.2 Å². The molecule has 1 saturated heterocycles. The molecule has 168 valence electrons. The van der Waals surface area contributed by atoms with Crippen LogP contribution < -0.4 is 21.9 Å². The molecular weight excluding hydrogens is 406 g/mol. The van der Waals surface area contributed by atoms with E-state index in [1.54, 1.807) is 37.6 Å². The normalized spacial score (nSPS) is 17.2. The minimum Gasteiger partial charge on any atom is -0.341 e. The largest absolute Gasteiger partial charge is 0.341 e. The maximum atomic E-state index is 13.5. The summed E-state index contributed by atoms with van der Waals surface area (Å²) in [4.78, 5) is 33.3. The highest BCUT2D eigenvalue weighted by atomic mass is 16.2. The Morgan fingerprint density at radius 3 is 2.72 bits per heavy atom. The van der Waals surface area contributed by atoms with Crippen molar-refractivity contribution >= 4 is 17.1 Å². The van der Waals surface area contributed by atoms with Crippen LogP contribution in [0.2, 0.25) is 0 Å². The van der Waals surface area contributed by atoms with Crippen LogP contribution in [0.5, 0.6) is 0 Å². The maximum Gasteiger partial charge on any atom is 0.332 e. The Bertz CT molecular complexity index is 1300. The molecule has 2 N–H and O–H groups in total. The molecule has 1 atom stereocenters. The number of allylic oxidation sites excluding steroid dienone is 4. The molecule has 0 unspecified atom stereocenters. The second kappa shape index (κ2) is 9.71. The monoisotopic (exact) mass is 435 g/mol. The van der Waals surface area contributed by atoms with Gasteiger partial charge in [-0.1, -0.05) is 12.0 Å². The molecule has 0 aliphatic carbocycles. The summed E-state index contributed by atoms with van der Waals surface area (Å²) >= 11 is 0. The number of aromatic nitrogens is 4. The lowest BCUT2D eigenvalue weighted by Gasteiger charge is -2.31. The number of hydrogen-bond acceptors (Lipinski definition) is 6. The quantitative estimate of drug-likeness (QED) is 0.430. The van der Waals surface area contributed by atoms with Gasteiger partial charge in [-0.2, -0.15) is 10.2 Å². The van der Waals surface area contributed by atoms with Crippen molar-refractivity contribution in [3.63, 3.8) is 0 Å². The van der Waals surface area contributed by atoms with E-state index >= 15 is 0 Å². The van der Waals surface area contributed by atoms with E-state index < -0.39 is 11.2 Å². The predicted octanol–water partition coefficient (Wildman–Crippen LogP) is 1.26. The van der Waals surface area contributed by atoms with Crippen molar-refractivity contribution in [2.45, 2.75) is 52.7 Å². The lowest BCUT2D eigenvalue weighted by molar-refractivity contribution is 0.496. The van der Waals surface area contributed by atoms with Gasteiger partial charge >= 0.3 is 5.69 Å².